The Kier molecular flexibility index (Phi) is 5.41. The van der Waals surface area contributed by atoms with Crippen LogP contribution in [0.3, 0.4) is 0 Å². The van der Waals surface area contributed by atoms with Gasteiger partial charge in [0.25, 0.3) is 5.91 Å². The summed E-state index contributed by atoms with van der Waals surface area (Å²) in [5, 5.41) is 0. The van der Waals surface area contributed by atoms with Crippen molar-refractivity contribution in [3.05, 3.63) is 36.4 Å². The Hall–Kier alpha value is -2.01. The van der Waals surface area contributed by atoms with Gasteiger partial charge in [-0.05, 0) is 44.5 Å². The van der Waals surface area contributed by atoms with Gasteiger partial charge >= 0.3 is 0 Å². The first-order valence-corrected chi connectivity index (χ1v) is 8.76. The second-order valence-corrected chi connectivity index (χ2v) is 6.28. The van der Waals surface area contributed by atoms with Crippen LogP contribution in [0.25, 0.3) is 0 Å². The smallest absolute Gasteiger partial charge is 0.254 e. The fourth-order valence-corrected chi connectivity index (χ4v) is 3.54. The topological polar surface area (TPSA) is 42.0 Å². The molecule has 1 atom stereocenters. The van der Waals surface area contributed by atoms with Crippen LogP contribution in [-0.4, -0.2) is 61.1 Å². The average molecular weight is 330 g/mol. The van der Waals surface area contributed by atoms with Gasteiger partial charge in [0.05, 0.1) is 6.61 Å². The summed E-state index contributed by atoms with van der Waals surface area (Å²) >= 11 is 0. The highest BCUT2D eigenvalue weighted by molar-refractivity contribution is 5.95. The van der Waals surface area contributed by atoms with E-state index in [-0.39, 0.29) is 5.91 Å². The molecule has 5 heteroatoms. The van der Waals surface area contributed by atoms with Crippen molar-refractivity contribution >= 4 is 5.91 Å². The van der Waals surface area contributed by atoms with Gasteiger partial charge in [0.2, 0.25) is 0 Å². The standard InChI is InChI=1S/C19H26N2O3/c1-3-12-24-17-8-7-15(13-18(17)23-4-2)19(22)21-11-10-20-9-5-6-16(20)14-21/h3,7-8,13,16H,1,4-6,9-12,14H2,2H3/t16-/m1/s1. The van der Waals surface area contributed by atoms with Crippen LogP contribution < -0.4 is 9.47 Å². The van der Waals surface area contributed by atoms with E-state index in [2.05, 4.69) is 11.5 Å². The molecular weight excluding hydrogens is 304 g/mol. The summed E-state index contributed by atoms with van der Waals surface area (Å²) in [6.45, 7) is 10.3. The Bertz CT molecular complexity index is 602. The summed E-state index contributed by atoms with van der Waals surface area (Å²) in [4.78, 5) is 17.3. The fraction of sp³-hybridized carbons (Fsp3) is 0.526. The minimum Gasteiger partial charge on any atom is -0.490 e. The number of ether oxygens (including phenoxy) is 2. The molecule has 1 aromatic rings. The first kappa shape index (κ1) is 16.8. The molecule has 3 rings (SSSR count). The lowest BCUT2D eigenvalue weighted by Gasteiger charge is -2.37. The van der Waals surface area contributed by atoms with Crippen molar-refractivity contribution < 1.29 is 14.3 Å². The number of fused-ring (bicyclic) bond motifs is 1. The van der Waals surface area contributed by atoms with E-state index in [1.807, 2.05) is 24.0 Å². The molecule has 5 nitrogen and oxygen atoms in total. The highest BCUT2D eigenvalue weighted by Crippen LogP contribution is 2.30. The second-order valence-electron chi connectivity index (χ2n) is 6.28. The Balaban J connectivity index is 1.74. The molecule has 0 radical (unpaired) electrons. The molecule has 130 valence electrons. The lowest BCUT2D eigenvalue weighted by atomic mass is 10.1. The molecule has 0 aliphatic carbocycles. The molecule has 0 N–H and O–H groups in total. The Morgan fingerprint density at radius 2 is 2.17 bits per heavy atom. The maximum atomic E-state index is 12.9. The van der Waals surface area contributed by atoms with Crippen molar-refractivity contribution in [2.24, 2.45) is 0 Å². The van der Waals surface area contributed by atoms with Gasteiger partial charge in [-0.3, -0.25) is 9.69 Å². The van der Waals surface area contributed by atoms with Crippen molar-refractivity contribution in [1.82, 2.24) is 9.80 Å². The highest BCUT2D eigenvalue weighted by atomic mass is 16.5. The molecule has 0 bridgehead atoms. The zero-order valence-electron chi connectivity index (χ0n) is 14.4. The van der Waals surface area contributed by atoms with Crippen molar-refractivity contribution in [2.45, 2.75) is 25.8 Å². The lowest BCUT2D eigenvalue weighted by Crippen LogP contribution is -2.52. The van der Waals surface area contributed by atoms with Crippen molar-refractivity contribution in [3.8, 4) is 11.5 Å². The van der Waals surface area contributed by atoms with Crippen LogP contribution in [0.4, 0.5) is 0 Å². The largest absolute Gasteiger partial charge is 0.490 e. The van der Waals surface area contributed by atoms with Crippen LogP contribution in [-0.2, 0) is 0 Å². The Morgan fingerprint density at radius 3 is 2.96 bits per heavy atom. The number of piperazine rings is 1. The second kappa shape index (κ2) is 7.71. The molecule has 1 aromatic carbocycles. The summed E-state index contributed by atoms with van der Waals surface area (Å²) in [5.74, 6) is 1.34. The van der Waals surface area contributed by atoms with Gasteiger partial charge in [-0.15, -0.1) is 0 Å². The third kappa shape index (κ3) is 3.56. The fourth-order valence-electron chi connectivity index (χ4n) is 3.54. The van der Waals surface area contributed by atoms with Crippen molar-refractivity contribution in [1.29, 1.82) is 0 Å². The average Bonchev–Trinajstić information content (AvgIpc) is 3.08. The van der Waals surface area contributed by atoms with E-state index < -0.39 is 0 Å². The molecule has 24 heavy (non-hydrogen) atoms. The number of carbonyl (C=O) groups is 1. The van der Waals surface area contributed by atoms with E-state index in [0.29, 0.717) is 36.3 Å². The van der Waals surface area contributed by atoms with Gasteiger partial charge in [-0.1, -0.05) is 12.7 Å². The summed E-state index contributed by atoms with van der Waals surface area (Å²) < 4.78 is 11.2. The van der Waals surface area contributed by atoms with E-state index in [9.17, 15) is 4.79 Å². The van der Waals surface area contributed by atoms with Crippen LogP contribution in [0.5, 0.6) is 11.5 Å². The molecule has 0 aromatic heterocycles. The normalized spacial score (nSPS) is 20.5. The van der Waals surface area contributed by atoms with Crippen molar-refractivity contribution in [2.75, 3.05) is 39.4 Å². The molecule has 2 heterocycles. The van der Waals surface area contributed by atoms with E-state index >= 15 is 0 Å². The molecule has 0 saturated carbocycles. The molecule has 0 unspecified atom stereocenters. The van der Waals surface area contributed by atoms with Crippen LogP contribution in [0.15, 0.2) is 30.9 Å². The number of rotatable bonds is 6. The molecular formula is C19H26N2O3. The number of hydrogen-bond donors (Lipinski definition) is 0. The summed E-state index contributed by atoms with van der Waals surface area (Å²) in [6.07, 6.45) is 4.13. The first-order chi connectivity index (χ1) is 11.7. The van der Waals surface area contributed by atoms with Crippen LogP contribution in [0.1, 0.15) is 30.1 Å². The zero-order chi connectivity index (χ0) is 16.9. The maximum absolute atomic E-state index is 12.9. The van der Waals surface area contributed by atoms with Gasteiger partial charge in [0.1, 0.15) is 6.61 Å². The van der Waals surface area contributed by atoms with Crippen LogP contribution in [0, 0.1) is 0 Å². The molecule has 2 aliphatic heterocycles. The molecule has 0 spiro atoms. The Morgan fingerprint density at radius 1 is 1.29 bits per heavy atom. The number of nitrogens with zero attached hydrogens (tertiary/aromatic N) is 2. The zero-order valence-corrected chi connectivity index (χ0v) is 14.4. The Labute approximate surface area is 143 Å². The monoisotopic (exact) mass is 330 g/mol. The minimum atomic E-state index is 0.0813. The molecule has 2 fully saturated rings. The summed E-state index contributed by atoms with van der Waals surface area (Å²) in [6, 6.07) is 5.97. The predicted octanol–water partition coefficient (Wildman–Crippen LogP) is 2.57. The number of benzene rings is 1. The van der Waals surface area contributed by atoms with E-state index in [1.54, 1.807) is 12.1 Å². The third-order valence-electron chi connectivity index (χ3n) is 4.72. The van der Waals surface area contributed by atoms with Gasteiger partial charge in [0, 0.05) is 31.2 Å². The SMILES string of the molecule is C=CCOc1ccc(C(=O)N2CCN3CCC[C@@H]3C2)cc1OCC. The molecule has 1 amide bonds. The number of carbonyl (C=O) groups excluding carboxylic acids is 1. The van der Waals surface area contributed by atoms with Crippen LogP contribution >= 0.6 is 0 Å². The summed E-state index contributed by atoms with van der Waals surface area (Å²) in [7, 11) is 0. The van der Waals surface area contributed by atoms with E-state index in [0.717, 1.165) is 19.6 Å². The number of hydrogen-bond acceptors (Lipinski definition) is 4. The maximum Gasteiger partial charge on any atom is 0.254 e. The summed E-state index contributed by atoms with van der Waals surface area (Å²) in [5.41, 5.74) is 0.663. The van der Waals surface area contributed by atoms with Gasteiger partial charge in [-0.25, -0.2) is 0 Å². The van der Waals surface area contributed by atoms with E-state index in [1.165, 1.54) is 19.4 Å². The molecule has 2 saturated heterocycles. The lowest BCUT2D eigenvalue weighted by molar-refractivity contribution is 0.0571. The predicted molar refractivity (Wildman–Crippen MR) is 93.8 cm³/mol. The minimum absolute atomic E-state index is 0.0813. The van der Waals surface area contributed by atoms with Gasteiger partial charge in [-0.2, -0.15) is 0 Å². The molecule has 2 aliphatic rings. The van der Waals surface area contributed by atoms with E-state index in [4.69, 9.17) is 9.47 Å². The van der Waals surface area contributed by atoms with Gasteiger partial charge in [0.15, 0.2) is 11.5 Å². The quantitative estimate of drug-likeness (QED) is 0.752. The highest BCUT2D eigenvalue weighted by Gasteiger charge is 2.32. The number of amides is 1. The van der Waals surface area contributed by atoms with Gasteiger partial charge < -0.3 is 14.4 Å². The van der Waals surface area contributed by atoms with Crippen LogP contribution in [0.2, 0.25) is 0 Å². The first-order valence-electron chi connectivity index (χ1n) is 8.76. The third-order valence-corrected chi connectivity index (χ3v) is 4.72. The van der Waals surface area contributed by atoms with Crippen molar-refractivity contribution in [3.63, 3.8) is 0 Å².